The summed E-state index contributed by atoms with van der Waals surface area (Å²) in [5.41, 5.74) is -2.24. The number of carbonyl (C=O) groups excluding carboxylic acids is 4. The topological polar surface area (TPSA) is 177 Å². The molecular weight excluding hydrogens is 638 g/mol. The van der Waals surface area contributed by atoms with Crippen LogP contribution in [0.15, 0.2) is 0 Å². The Bertz CT molecular complexity index is 1160. The first kappa shape index (κ1) is 41.0. The number of rotatable bonds is 9. The molecule has 3 aliphatic heterocycles. The highest BCUT2D eigenvalue weighted by molar-refractivity contribution is 5.97. The number of hydrogen-bond donors (Lipinski definition) is 4. The molecule has 3 aliphatic rings. The third kappa shape index (κ3) is 9.69. The van der Waals surface area contributed by atoms with E-state index in [9.17, 15) is 24.3 Å². The van der Waals surface area contributed by atoms with Gasteiger partial charge in [-0.25, -0.2) is 4.79 Å². The molecule has 0 aromatic rings. The van der Waals surface area contributed by atoms with Gasteiger partial charge in [0.1, 0.15) is 24.4 Å². The van der Waals surface area contributed by atoms with Gasteiger partial charge in [-0.2, -0.15) is 0 Å². The van der Waals surface area contributed by atoms with Crippen molar-refractivity contribution in [2.45, 2.75) is 127 Å². The van der Waals surface area contributed by atoms with Crippen molar-refractivity contribution in [1.82, 2.24) is 25.8 Å². The zero-order chi connectivity index (χ0) is 36.8. The summed E-state index contributed by atoms with van der Waals surface area (Å²) in [6.07, 6.45) is -4.38. The van der Waals surface area contributed by atoms with Crippen LogP contribution in [0.4, 0.5) is 4.79 Å². The molecule has 3 fully saturated rings. The van der Waals surface area contributed by atoms with Crippen molar-refractivity contribution in [1.29, 1.82) is 0 Å². The molecule has 12 atom stereocenters. The van der Waals surface area contributed by atoms with Crippen LogP contribution in [0.3, 0.4) is 0 Å². The Morgan fingerprint density at radius 3 is 2.41 bits per heavy atom. The normalized spacial score (nSPS) is 39.7. The maximum atomic E-state index is 13.9. The summed E-state index contributed by atoms with van der Waals surface area (Å²) in [4.78, 5) is 55.7. The van der Waals surface area contributed by atoms with E-state index < -0.39 is 78.1 Å². The summed E-state index contributed by atoms with van der Waals surface area (Å²) in [6, 6.07) is -1.14. The molecule has 1 unspecified atom stereocenters. The van der Waals surface area contributed by atoms with E-state index in [1.165, 1.54) is 0 Å². The van der Waals surface area contributed by atoms with Crippen LogP contribution in [0, 0.1) is 11.8 Å². The van der Waals surface area contributed by atoms with Crippen LogP contribution >= 0.6 is 0 Å². The number of hydrogen-bond acceptors (Lipinski definition) is 13. The van der Waals surface area contributed by atoms with Crippen LogP contribution in [-0.4, -0.2) is 154 Å². The second-order valence-electron chi connectivity index (χ2n) is 14.8. The minimum absolute atomic E-state index is 0.0126. The van der Waals surface area contributed by atoms with Crippen molar-refractivity contribution in [2.75, 3.05) is 54.9 Å². The second kappa shape index (κ2) is 17.2. The van der Waals surface area contributed by atoms with E-state index in [1.807, 2.05) is 46.7 Å². The molecule has 3 saturated heterocycles. The molecule has 0 saturated carbocycles. The SMILES string of the molecule is CC[C@H]1OC(=O)CC(=O)[C@H](C)[C@@H](O[C@@H]2O[C@H](CN(C)C(=O)CNC)CC(N(C)C)[C@H]2O)[C@](C)(OC)C[C@@H](C)CN[C@H](C)[C@H]2NC(=O)O[C@@]21C. The Hall–Kier alpha value is -2.40. The smallest absolute Gasteiger partial charge is 0.408 e. The Kier molecular flexibility index (Phi) is 14.4. The van der Waals surface area contributed by atoms with Crippen LogP contribution < -0.4 is 16.0 Å². The highest BCUT2D eigenvalue weighted by Crippen LogP contribution is 2.37. The van der Waals surface area contributed by atoms with Gasteiger partial charge in [0.2, 0.25) is 5.91 Å². The zero-order valence-corrected chi connectivity index (χ0v) is 31.2. The number of nitrogens with one attached hydrogen (secondary N) is 3. The van der Waals surface area contributed by atoms with Crippen molar-refractivity contribution in [3.05, 3.63) is 0 Å². The number of ketones is 1. The maximum Gasteiger partial charge on any atom is 0.408 e. The number of nitrogens with zero attached hydrogens (tertiary/aromatic N) is 2. The lowest BCUT2D eigenvalue weighted by molar-refractivity contribution is -0.298. The first-order chi connectivity index (χ1) is 22.9. The van der Waals surface area contributed by atoms with Crippen LogP contribution in [-0.2, 0) is 38.1 Å². The number of aliphatic hydroxyl groups excluding tert-OH is 1. The average molecular weight is 700 g/mol. The van der Waals surface area contributed by atoms with Gasteiger partial charge in [0, 0.05) is 38.7 Å². The van der Waals surface area contributed by atoms with Gasteiger partial charge in [-0.15, -0.1) is 0 Å². The fourth-order valence-electron chi connectivity index (χ4n) is 7.60. The molecule has 282 valence electrons. The highest BCUT2D eigenvalue weighted by Gasteiger charge is 2.55. The monoisotopic (exact) mass is 699 g/mol. The molecule has 3 rings (SSSR count). The van der Waals surface area contributed by atoms with E-state index in [0.717, 1.165) is 0 Å². The Balaban J connectivity index is 1.97. The number of aliphatic hydroxyl groups is 1. The number of alkyl carbamates (subject to hydrolysis) is 1. The summed E-state index contributed by atoms with van der Waals surface area (Å²) < 4.78 is 30.7. The number of carbonyl (C=O) groups is 4. The fraction of sp³-hybridized carbons (Fsp3) is 0.882. The van der Waals surface area contributed by atoms with Crippen LogP contribution in [0.2, 0.25) is 0 Å². The number of fused-ring (bicyclic) bond motifs is 1. The first-order valence-electron chi connectivity index (χ1n) is 17.4. The van der Waals surface area contributed by atoms with Crippen molar-refractivity contribution < 1.29 is 48.0 Å². The Morgan fingerprint density at radius 1 is 1.14 bits per heavy atom. The van der Waals surface area contributed by atoms with Gasteiger partial charge in [0.05, 0.1) is 30.4 Å². The molecule has 0 radical (unpaired) electrons. The second-order valence-corrected chi connectivity index (χ2v) is 14.8. The van der Waals surface area contributed by atoms with Gasteiger partial charge in [-0.3, -0.25) is 14.4 Å². The Labute approximate surface area is 291 Å². The summed E-state index contributed by atoms with van der Waals surface area (Å²) >= 11 is 0. The zero-order valence-electron chi connectivity index (χ0n) is 31.2. The number of amides is 2. The number of cyclic esters (lactones) is 1. The van der Waals surface area contributed by atoms with Crippen LogP contribution in [0.25, 0.3) is 0 Å². The highest BCUT2D eigenvalue weighted by atomic mass is 16.7. The van der Waals surface area contributed by atoms with Crippen molar-refractivity contribution in [3.63, 3.8) is 0 Å². The molecule has 0 spiro atoms. The molecule has 15 nitrogen and oxygen atoms in total. The van der Waals surface area contributed by atoms with Crippen molar-refractivity contribution in [3.8, 4) is 0 Å². The molecule has 3 heterocycles. The van der Waals surface area contributed by atoms with E-state index in [0.29, 0.717) is 25.8 Å². The summed E-state index contributed by atoms with van der Waals surface area (Å²) in [5.74, 6) is -2.19. The van der Waals surface area contributed by atoms with Crippen LogP contribution in [0.1, 0.15) is 67.2 Å². The molecule has 0 aromatic heterocycles. The number of Topliss-reactive ketones (excluding diaryl/α,β-unsaturated/α-hetero) is 1. The van der Waals surface area contributed by atoms with Gasteiger partial charge in [0.15, 0.2) is 11.9 Å². The molecule has 0 bridgehead atoms. The largest absolute Gasteiger partial charge is 0.458 e. The minimum Gasteiger partial charge on any atom is -0.458 e. The average Bonchev–Trinajstić information content (AvgIpc) is 3.35. The molecular formula is C34H61N5O10. The van der Waals surface area contributed by atoms with Gasteiger partial charge in [-0.1, -0.05) is 20.8 Å². The summed E-state index contributed by atoms with van der Waals surface area (Å²) in [5, 5.41) is 20.8. The predicted octanol–water partition coefficient (Wildman–Crippen LogP) is 0.663. The molecule has 2 amide bonds. The predicted molar refractivity (Wildman–Crippen MR) is 181 cm³/mol. The van der Waals surface area contributed by atoms with Crippen LogP contribution in [0.5, 0.6) is 0 Å². The lowest BCUT2D eigenvalue weighted by Crippen LogP contribution is -2.60. The Morgan fingerprint density at radius 2 is 1.82 bits per heavy atom. The van der Waals surface area contributed by atoms with Crippen molar-refractivity contribution >= 4 is 23.8 Å². The fourth-order valence-corrected chi connectivity index (χ4v) is 7.60. The number of ether oxygens (including phenoxy) is 5. The quantitative estimate of drug-likeness (QED) is 0.195. The summed E-state index contributed by atoms with van der Waals surface area (Å²) in [7, 11) is 8.66. The van der Waals surface area contributed by atoms with E-state index in [1.54, 1.807) is 40.0 Å². The number of likely N-dealkylation sites (N-methyl/N-ethyl adjacent to an activating group) is 3. The van der Waals surface area contributed by atoms with E-state index in [4.69, 9.17) is 23.7 Å². The van der Waals surface area contributed by atoms with Gasteiger partial charge < -0.3 is 54.5 Å². The van der Waals surface area contributed by atoms with Gasteiger partial charge >= 0.3 is 12.1 Å². The molecule has 0 aliphatic carbocycles. The molecule has 0 aromatic carbocycles. The first-order valence-corrected chi connectivity index (χ1v) is 17.4. The molecule has 49 heavy (non-hydrogen) atoms. The van der Waals surface area contributed by atoms with Crippen molar-refractivity contribution in [2.24, 2.45) is 11.8 Å². The molecule has 15 heteroatoms. The van der Waals surface area contributed by atoms with E-state index in [-0.39, 0.29) is 37.0 Å². The third-order valence-electron chi connectivity index (χ3n) is 10.6. The lowest BCUT2D eigenvalue weighted by Gasteiger charge is -2.47. The lowest BCUT2D eigenvalue weighted by atomic mass is 9.80. The third-order valence-corrected chi connectivity index (χ3v) is 10.6. The maximum absolute atomic E-state index is 13.9. The molecule has 4 N–H and O–H groups in total. The van der Waals surface area contributed by atoms with Gasteiger partial charge in [0.25, 0.3) is 0 Å². The van der Waals surface area contributed by atoms with E-state index >= 15 is 0 Å². The number of esters is 1. The number of methoxy groups -OCH3 is 1. The van der Waals surface area contributed by atoms with E-state index in [2.05, 4.69) is 16.0 Å². The minimum atomic E-state index is -1.17. The standard InChI is InChI=1S/C34H61N5O10/c1-12-25-34(6)29(37-32(44)49-34)21(4)36-16-19(2)15-33(5,45-11)30(20(3)24(40)14-27(42)47-25)48-31-28(43)23(38(8)9)13-22(46-31)18-39(10)26(41)17-35-7/h19-23,25,28-31,35-36,43H,12-18H2,1-11H3,(H,37,44)/t19-,20+,21-,22+,23?,25-,28-,29-,30-,31+,33-,34-/m1/s1. The summed E-state index contributed by atoms with van der Waals surface area (Å²) in [6.45, 7) is 12.1. The van der Waals surface area contributed by atoms with Gasteiger partial charge in [-0.05, 0) is 73.6 Å².